The van der Waals surface area contributed by atoms with Crippen LogP contribution in [0.5, 0.6) is 0 Å². The zero-order valence-corrected chi connectivity index (χ0v) is 21.2. The van der Waals surface area contributed by atoms with Crippen molar-refractivity contribution in [2.45, 2.75) is 58.5 Å². The predicted molar refractivity (Wildman–Crippen MR) is 143 cm³/mol. The molecule has 1 aliphatic heterocycles. The van der Waals surface area contributed by atoms with Crippen LogP contribution in [0.25, 0.3) is 11.1 Å². The van der Waals surface area contributed by atoms with Gasteiger partial charge in [-0.05, 0) is 50.3 Å². The molecule has 2 aliphatic rings. The number of amides is 1. The summed E-state index contributed by atoms with van der Waals surface area (Å²) >= 11 is 0. The third-order valence-electron chi connectivity index (χ3n) is 7.46. The van der Waals surface area contributed by atoms with Crippen molar-refractivity contribution in [1.29, 1.82) is 0 Å². The average Bonchev–Trinajstić information content (AvgIpc) is 3.40. The van der Waals surface area contributed by atoms with Gasteiger partial charge >= 0.3 is 0 Å². The molecule has 2 aromatic carbocycles. The maximum Gasteiger partial charge on any atom is 0.234 e. The van der Waals surface area contributed by atoms with Crippen molar-refractivity contribution in [2.24, 2.45) is 5.41 Å². The maximum absolute atomic E-state index is 13.2. The molecule has 0 saturated heterocycles. The second-order valence-electron chi connectivity index (χ2n) is 10.6. The van der Waals surface area contributed by atoms with Crippen LogP contribution in [-0.4, -0.2) is 35.5 Å². The van der Waals surface area contributed by atoms with Crippen LogP contribution in [0.2, 0.25) is 0 Å². The lowest BCUT2D eigenvalue weighted by Gasteiger charge is -2.34. The largest absolute Gasteiger partial charge is 0.351 e. The molecule has 2 heterocycles. The van der Waals surface area contributed by atoms with Crippen LogP contribution in [0.4, 0.5) is 17.5 Å². The Labute approximate surface area is 208 Å². The Morgan fingerprint density at radius 1 is 1.00 bits per heavy atom. The number of rotatable bonds is 5. The summed E-state index contributed by atoms with van der Waals surface area (Å²) in [6, 6.07) is 19.5. The Morgan fingerprint density at radius 2 is 1.66 bits per heavy atom. The lowest BCUT2D eigenvalue weighted by molar-refractivity contribution is -0.125. The SMILES string of the molecule is C[C@@H](Nc1ncc2c(n1)N(C1CCCC1)CC(C)(C)C(=O)N2C)c1ccc(-c2ccccc2)cc1. The van der Waals surface area contributed by atoms with Gasteiger partial charge in [0.2, 0.25) is 11.9 Å². The molecule has 35 heavy (non-hydrogen) atoms. The van der Waals surface area contributed by atoms with Gasteiger partial charge in [-0.1, -0.05) is 67.4 Å². The van der Waals surface area contributed by atoms with Gasteiger partial charge in [0.25, 0.3) is 0 Å². The minimum atomic E-state index is -0.487. The lowest BCUT2D eigenvalue weighted by atomic mass is 9.91. The van der Waals surface area contributed by atoms with E-state index in [1.165, 1.54) is 29.5 Å². The summed E-state index contributed by atoms with van der Waals surface area (Å²) in [5.41, 5.74) is 3.88. The number of nitrogens with zero attached hydrogens (tertiary/aromatic N) is 4. The molecule has 0 spiro atoms. The van der Waals surface area contributed by atoms with E-state index in [4.69, 9.17) is 4.98 Å². The van der Waals surface area contributed by atoms with Crippen molar-refractivity contribution in [1.82, 2.24) is 9.97 Å². The molecule has 1 amide bonds. The topological polar surface area (TPSA) is 61.4 Å². The van der Waals surface area contributed by atoms with E-state index >= 15 is 0 Å². The zero-order valence-electron chi connectivity index (χ0n) is 21.2. The zero-order chi connectivity index (χ0) is 24.6. The highest BCUT2D eigenvalue weighted by molar-refractivity contribution is 6.00. The monoisotopic (exact) mass is 469 g/mol. The molecule has 6 nitrogen and oxygen atoms in total. The number of benzene rings is 2. The normalized spacial score (nSPS) is 18.8. The number of carbonyl (C=O) groups is 1. The first-order valence-corrected chi connectivity index (χ1v) is 12.7. The summed E-state index contributed by atoms with van der Waals surface area (Å²) in [5, 5.41) is 3.49. The maximum atomic E-state index is 13.2. The molecule has 0 radical (unpaired) electrons. The highest BCUT2D eigenvalue weighted by Gasteiger charge is 2.41. The van der Waals surface area contributed by atoms with Crippen molar-refractivity contribution in [3.8, 4) is 11.1 Å². The van der Waals surface area contributed by atoms with Crippen molar-refractivity contribution < 1.29 is 4.79 Å². The second-order valence-corrected chi connectivity index (χ2v) is 10.6. The summed E-state index contributed by atoms with van der Waals surface area (Å²) in [5.74, 6) is 1.56. The number of anilines is 3. The van der Waals surface area contributed by atoms with Gasteiger partial charge < -0.3 is 15.1 Å². The smallest absolute Gasteiger partial charge is 0.234 e. The summed E-state index contributed by atoms with van der Waals surface area (Å²) in [4.78, 5) is 26.9. The van der Waals surface area contributed by atoms with E-state index < -0.39 is 5.41 Å². The van der Waals surface area contributed by atoms with Crippen LogP contribution in [-0.2, 0) is 4.79 Å². The van der Waals surface area contributed by atoms with E-state index in [-0.39, 0.29) is 11.9 Å². The van der Waals surface area contributed by atoms with Crippen LogP contribution in [0.1, 0.15) is 58.1 Å². The standard InChI is InChI=1S/C29H35N5O/c1-20(21-14-16-23(17-15-21)22-10-6-5-7-11-22)31-28-30-18-25-26(32-28)34(24-12-8-9-13-24)19-29(2,3)27(35)33(25)4/h5-7,10-11,14-18,20,24H,8-9,12-13,19H2,1-4H3,(H,30,31,32)/t20-/m1/s1. The Morgan fingerprint density at radius 3 is 2.34 bits per heavy atom. The van der Waals surface area contributed by atoms with Crippen molar-refractivity contribution in [2.75, 3.05) is 28.7 Å². The molecule has 1 atom stereocenters. The van der Waals surface area contributed by atoms with Crippen LogP contribution in [0.3, 0.4) is 0 Å². The van der Waals surface area contributed by atoms with Crippen LogP contribution in [0, 0.1) is 5.41 Å². The molecular weight excluding hydrogens is 434 g/mol. The minimum Gasteiger partial charge on any atom is -0.351 e. The second kappa shape index (κ2) is 9.33. The number of fused-ring (bicyclic) bond motifs is 1. The predicted octanol–water partition coefficient (Wildman–Crippen LogP) is 6.07. The first-order chi connectivity index (χ1) is 16.8. The van der Waals surface area contributed by atoms with E-state index in [9.17, 15) is 4.79 Å². The molecule has 0 bridgehead atoms. The molecule has 1 aromatic heterocycles. The number of aromatic nitrogens is 2. The van der Waals surface area contributed by atoms with Crippen LogP contribution >= 0.6 is 0 Å². The molecule has 1 saturated carbocycles. The van der Waals surface area contributed by atoms with Gasteiger partial charge in [0.15, 0.2) is 5.82 Å². The average molecular weight is 470 g/mol. The van der Waals surface area contributed by atoms with Crippen LogP contribution < -0.4 is 15.1 Å². The minimum absolute atomic E-state index is 0.0411. The van der Waals surface area contributed by atoms with E-state index in [0.717, 1.165) is 24.3 Å². The molecule has 1 aliphatic carbocycles. The first-order valence-electron chi connectivity index (χ1n) is 12.7. The number of carbonyl (C=O) groups excluding carboxylic acids is 1. The molecular formula is C29H35N5O. The van der Waals surface area contributed by atoms with Gasteiger partial charge in [0.1, 0.15) is 5.69 Å². The van der Waals surface area contributed by atoms with Gasteiger partial charge in [-0.2, -0.15) is 4.98 Å². The fourth-order valence-electron chi connectivity index (χ4n) is 5.41. The Balaban J connectivity index is 1.41. The molecule has 6 heteroatoms. The first kappa shape index (κ1) is 23.3. The Kier molecular flexibility index (Phi) is 6.22. The molecule has 182 valence electrons. The van der Waals surface area contributed by atoms with Crippen LogP contribution in [0.15, 0.2) is 60.8 Å². The fraction of sp³-hybridized carbons (Fsp3) is 0.414. The molecule has 1 fully saturated rings. The lowest BCUT2D eigenvalue weighted by Crippen LogP contribution is -2.45. The fourth-order valence-corrected chi connectivity index (χ4v) is 5.41. The van der Waals surface area contributed by atoms with Gasteiger partial charge in [-0.25, -0.2) is 4.98 Å². The summed E-state index contributed by atoms with van der Waals surface area (Å²) in [6.07, 6.45) is 6.55. The van der Waals surface area contributed by atoms with E-state index in [2.05, 4.69) is 70.7 Å². The third kappa shape index (κ3) is 4.62. The van der Waals surface area contributed by atoms with Gasteiger partial charge in [-0.15, -0.1) is 0 Å². The quantitative estimate of drug-likeness (QED) is 0.491. The van der Waals surface area contributed by atoms with Crippen molar-refractivity contribution in [3.05, 3.63) is 66.4 Å². The Hall–Kier alpha value is -3.41. The third-order valence-corrected chi connectivity index (χ3v) is 7.46. The van der Waals surface area contributed by atoms with E-state index in [0.29, 0.717) is 18.5 Å². The summed E-state index contributed by atoms with van der Waals surface area (Å²) in [7, 11) is 1.84. The summed E-state index contributed by atoms with van der Waals surface area (Å²) < 4.78 is 0. The van der Waals surface area contributed by atoms with E-state index in [1.54, 1.807) is 11.1 Å². The molecule has 3 aromatic rings. The van der Waals surface area contributed by atoms with Gasteiger partial charge in [0, 0.05) is 19.6 Å². The van der Waals surface area contributed by atoms with Crippen molar-refractivity contribution >= 4 is 23.4 Å². The van der Waals surface area contributed by atoms with E-state index in [1.807, 2.05) is 27.0 Å². The highest BCUT2D eigenvalue weighted by Crippen LogP contribution is 2.40. The van der Waals surface area contributed by atoms with Gasteiger partial charge in [0.05, 0.1) is 17.7 Å². The Bertz CT molecular complexity index is 1190. The van der Waals surface area contributed by atoms with Gasteiger partial charge in [-0.3, -0.25) is 4.79 Å². The highest BCUT2D eigenvalue weighted by atomic mass is 16.2. The molecule has 5 rings (SSSR count). The molecule has 0 unspecified atom stereocenters. The number of hydrogen-bond donors (Lipinski definition) is 1. The number of nitrogens with one attached hydrogen (secondary N) is 1. The number of hydrogen-bond acceptors (Lipinski definition) is 5. The van der Waals surface area contributed by atoms with Crippen molar-refractivity contribution in [3.63, 3.8) is 0 Å². The molecule has 1 N–H and O–H groups in total. The summed E-state index contributed by atoms with van der Waals surface area (Å²) in [6.45, 7) is 6.86.